The second-order valence-electron chi connectivity index (χ2n) is 2.05. The molecule has 1 fully saturated rings. The third-order valence-electron chi connectivity index (χ3n) is 1.42. The molecular weight excluding hydrogens is 125 g/mol. The Bertz CT molecular complexity index is 112. The largest absolute Gasteiger partial charge is 0.365 e. The molecule has 9 heavy (non-hydrogen) atoms. The van der Waals surface area contributed by atoms with Crippen LogP contribution in [0.1, 0.15) is 12.8 Å². The number of hydrogen-bond acceptors (Lipinski definition) is 3. The molecule has 0 aromatic carbocycles. The van der Waals surface area contributed by atoms with Crippen molar-refractivity contribution in [3.05, 3.63) is 0 Å². The Balaban J connectivity index is 2.32. The summed E-state index contributed by atoms with van der Waals surface area (Å²) in [6.07, 6.45) is 1.60. The van der Waals surface area contributed by atoms with Crippen LogP contribution < -0.4 is 5.32 Å². The second kappa shape index (κ2) is 2.77. The summed E-state index contributed by atoms with van der Waals surface area (Å²) in [5.41, 5.74) is 0. The molecule has 1 N–H and O–H groups in total. The van der Waals surface area contributed by atoms with E-state index in [0.717, 1.165) is 13.0 Å². The van der Waals surface area contributed by atoms with Gasteiger partial charge in [0.2, 0.25) is 0 Å². The van der Waals surface area contributed by atoms with Crippen molar-refractivity contribution in [1.29, 1.82) is 0 Å². The van der Waals surface area contributed by atoms with Gasteiger partial charge in [0.15, 0.2) is 0 Å². The third kappa shape index (κ3) is 1.38. The maximum absolute atomic E-state index is 11.1. The van der Waals surface area contributed by atoms with Gasteiger partial charge in [-0.2, -0.15) is 0 Å². The van der Waals surface area contributed by atoms with Gasteiger partial charge in [-0.25, -0.2) is 4.79 Å². The normalized spacial score (nSPS) is 26.1. The van der Waals surface area contributed by atoms with Crippen molar-refractivity contribution >= 4 is 5.97 Å². The highest BCUT2D eigenvalue weighted by Gasteiger charge is 2.23. The zero-order valence-corrected chi connectivity index (χ0v) is 4.89. The fourth-order valence-electron chi connectivity index (χ4n) is 0.939. The van der Waals surface area contributed by atoms with Crippen LogP contribution in [0.5, 0.6) is 0 Å². The molecule has 0 aliphatic carbocycles. The summed E-state index contributed by atoms with van der Waals surface area (Å²) in [7, 11) is 0. The molecule has 1 aliphatic rings. The minimum atomic E-state index is -0.799. The Morgan fingerprint density at radius 3 is 3.00 bits per heavy atom. The maximum Gasteiger partial charge on any atom is 0.365 e. The van der Waals surface area contributed by atoms with Crippen LogP contribution in [0, 0.1) is 0 Å². The average Bonchev–Trinajstić information content (AvgIpc) is 2.37. The Morgan fingerprint density at radius 1 is 1.78 bits per heavy atom. The van der Waals surface area contributed by atoms with Crippen molar-refractivity contribution in [2.75, 3.05) is 6.54 Å². The molecule has 1 rings (SSSR count). The van der Waals surface area contributed by atoms with E-state index in [1.165, 1.54) is 0 Å². The lowest BCUT2D eigenvalue weighted by Crippen LogP contribution is -2.30. The first-order valence-corrected chi connectivity index (χ1v) is 2.90. The third-order valence-corrected chi connectivity index (χ3v) is 1.42. The second-order valence-corrected chi connectivity index (χ2v) is 2.05. The summed E-state index contributed by atoms with van der Waals surface area (Å²) in [5, 5.41) is 2.79. The SMILES string of the molecule is O=C(OF)C1CCCN1. The molecular formula is C5H8FNO2. The number of nitrogens with one attached hydrogen (secondary N) is 1. The van der Waals surface area contributed by atoms with Crippen molar-refractivity contribution in [1.82, 2.24) is 5.32 Å². The maximum atomic E-state index is 11.1. The minimum absolute atomic E-state index is 0.407. The van der Waals surface area contributed by atoms with Crippen LogP contribution in [-0.4, -0.2) is 18.6 Å². The highest BCUT2D eigenvalue weighted by molar-refractivity contribution is 5.75. The van der Waals surface area contributed by atoms with Gasteiger partial charge < -0.3 is 5.32 Å². The van der Waals surface area contributed by atoms with Gasteiger partial charge in [0, 0.05) is 4.53 Å². The molecule has 1 aliphatic heterocycles. The number of rotatable bonds is 1. The van der Waals surface area contributed by atoms with Gasteiger partial charge >= 0.3 is 5.97 Å². The van der Waals surface area contributed by atoms with Crippen LogP contribution in [0.15, 0.2) is 0 Å². The molecule has 1 atom stereocenters. The zero-order valence-electron chi connectivity index (χ0n) is 4.89. The standard InChI is InChI=1S/C5H8FNO2/c6-9-5(8)4-2-1-3-7-4/h4,7H,1-3H2. The zero-order chi connectivity index (χ0) is 6.69. The molecule has 1 unspecified atom stereocenters. The van der Waals surface area contributed by atoms with Crippen molar-refractivity contribution in [3.8, 4) is 0 Å². The molecule has 3 nitrogen and oxygen atoms in total. The van der Waals surface area contributed by atoms with Gasteiger partial charge in [-0.15, -0.1) is 0 Å². The smallest absolute Gasteiger partial charge is 0.304 e. The van der Waals surface area contributed by atoms with Gasteiger partial charge in [0.05, 0.1) is 0 Å². The summed E-state index contributed by atoms with van der Waals surface area (Å²) in [6, 6.07) is -0.407. The van der Waals surface area contributed by atoms with Crippen molar-refractivity contribution < 1.29 is 14.3 Å². The first-order chi connectivity index (χ1) is 4.34. The highest BCUT2D eigenvalue weighted by Crippen LogP contribution is 2.05. The van der Waals surface area contributed by atoms with Crippen LogP contribution >= 0.6 is 0 Å². The van der Waals surface area contributed by atoms with E-state index in [-0.39, 0.29) is 0 Å². The van der Waals surface area contributed by atoms with Crippen molar-refractivity contribution in [2.45, 2.75) is 18.9 Å². The number of carbonyl (C=O) groups excluding carboxylic acids is 1. The van der Waals surface area contributed by atoms with Gasteiger partial charge in [-0.1, -0.05) is 0 Å². The van der Waals surface area contributed by atoms with E-state index < -0.39 is 12.0 Å². The summed E-state index contributed by atoms with van der Waals surface area (Å²) < 4.78 is 11.1. The fourth-order valence-corrected chi connectivity index (χ4v) is 0.939. The molecule has 4 heteroatoms. The van der Waals surface area contributed by atoms with Gasteiger partial charge in [0.1, 0.15) is 6.04 Å². The minimum Gasteiger partial charge on any atom is -0.304 e. The van der Waals surface area contributed by atoms with Crippen LogP contribution in [0.4, 0.5) is 4.53 Å². The molecule has 0 radical (unpaired) electrons. The Morgan fingerprint density at radius 2 is 2.56 bits per heavy atom. The monoisotopic (exact) mass is 133 g/mol. The first kappa shape index (κ1) is 6.48. The number of carbonyl (C=O) groups is 1. The molecule has 52 valence electrons. The van der Waals surface area contributed by atoms with Crippen LogP contribution in [0.3, 0.4) is 0 Å². The van der Waals surface area contributed by atoms with E-state index in [4.69, 9.17) is 0 Å². The number of halogens is 1. The number of hydrogen-bond donors (Lipinski definition) is 1. The Kier molecular flexibility index (Phi) is 2.00. The first-order valence-electron chi connectivity index (χ1n) is 2.90. The molecule has 0 bridgehead atoms. The molecule has 1 saturated heterocycles. The molecule has 0 aromatic heterocycles. The lowest BCUT2D eigenvalue weighted by molar-refractivity contribution is -0.185. The van der Waals surface area contributed by atoms with E-state index in [9.17, 15) is 9.32 Å². The van der Waals surface area contributed by atoms with E-state index in [1.807, 2.05) is 0 Å². The van der Waals surface area contributed by atoms with Gasteiger partial charge in [-0.3, -0.25) is 4.94 Å². The summed E-state index contributed by atoms with van der Waals surface area (Å²) >= 11 is 0. The molecule has 1 heterocycles. The summed E-state index contributed by atoms with van der Waals surface area (Å²) in [6.45, 7) is 0.778. The Labute approximate surface area is 52.1 Å². The van der Waals surface area contributed by atoms with Crippen LogP contribution in [0.25, 0.3) is 0 Å². The van der Waals surface area contributed by atoms with E-state index in [0.29, 0.717) is 6.42 Å². The average molecular weight is 133 g/mol. The molecule has 0 aromatic rings. The topological polar surface area (TPSA) is 38.3 Å². The summed E-state index contributed by atoms with van der Waals surface area (Å²) in [5.74, 6) is -0.799. The predicted molar refractivity (Wildman–Crippen MR) is 28.2 cm³/mol. The lowest BCUT2D eigenvalue weighted by atomic mass is 10.2. The van der Waals surface area contributed by atoms with Gasteiger partial charge in [0.25, 0.3) is 0 Å². The molecule has 0 amide bonds. The highest BCUT2D eigenvalue weighted by atomic mass is 19.3. The van der Waals surface area contributed by atoms with E-state index in [1.54, 1.807) is 0 Å². The van der Waals surface area contributed by atoms with Crippen molar-refractivity contribution in [3.63, 3.8) is 0 Å². The fraction of sp³-hybridized carbons (Fsp3) is 0.800. The molecule has 0 spiro atoms. The van der Waals surface area contributed by atoms with Gasteiger partial charge in [-0.05, 0) is 19.4 Å². The van der Waals surface area contributed by atoms with E-state index >= 15 is 0 Å². The van der Waals surface area contributed by atoms with Crippen LogP contribution in [0.2, 0.25) is 0 Å². The van der Waals surface area contributed by atoms with Crippen LogP contribution in [-0.2, 0) is 9.74 Å². The predicted octanol–water partition coefficient (Wildman–Crippen LogP) is 0.166. The lowest BCUT2D eigenvalue weighted by Gasteiger charge is -2.01. The Hall–Kier alpha value is -0.640. The van der Waals surface area contributed by atoms with E-state index in [2.05, 4.69) is 10.3 Å². The van der Waals surface area contributed by atoms with Crippen molar-refractivity contribution in [2.24, 2.45) is 0 Å². The molecule has 0 saturated carbocycles. The summed E-state index contributed by atoms with van der Waals surface area (Å²) in [4.78, 5) is 13.4. The quantitative estimate of drug-likeness (QED) is 0.554.